The number of guanidine groups is 1. The first-order chi connectivity index (χ1) is 16.1. The van der Waals surface area contributed by atoms with Gasteiger partial charge in [-0.2, -0.15) is 0 Å². The molecule has 1 heterocycles. The number of aliphatic imine (C=N–C) groups is 2. The largest absolute Gasteiger partial charge is 0.481 e. The van der Waals surface area contributed by atoms with Gasteiger partial charge in [-0.15, -0.1) is 0 Å². The number of nitrogens with zero attached hydrogens (tertiary/aromatic N) is 3. The van der Waals surface area contributed by atoms with Gasteiger partial charge in [-0.3, -0.25) is 9.69 Å². The summed E-state index contributed by atoms with van der Waals surface area (Å²) >= 11 is 0. The second-order valence-electron chi connectivity index (χ2n) is 9.07. The Kier molecular flexibility index (Phi) is 5.85. The zero-order chi connectivity index (χ0) is 22.8. The Labute approximate surface area is 194 Å². The molecule has 6 nitrogen and oxygen atoms in total. The first-order valence-corrected chi connectivity index (χ1v) is 11.8. The Balaban J connectivity index is 1.37. The highest BCUT2D eigenvalue weighted by atomic mass is 16.4. The number of rotatable bonds is 7. The second kappa shape index (κ2) is 8.94. The lowest BCUT2D eigenvalue weighted by atomic mass is 9.64. The van der Waals surface area contributed by atoms with Gasteiger partial charge in [0.05, 0.1) is 11.1 Å². The molecule has 2 aromatic carbocycles. The van der Waals surface area contributed by atoms with Crippen molar-refractivity contribution in [2.75, 3.05) is 11.9 Å². The van der Waals surface area contributed by atoms with Crippen LogP contribution in [0.4, 0.5) is 5.69 Å². The maximum absolute atomic E-state index is 11.8. The van der Waals surface area contributed by atoms with Gasteiger partial charge < -0.3 is 10.4 Å². The highest BCUT2D eigenvalue weighted by Gasteiger charge is 2.45. The van der Waals surface area contributed by atoms with Crippen molar-refractivity contribution in [1.82, 2.24) is 4.90 Å². The molecule has 1 saturated carbocycles. The molecule has 0 spiro atoms. The van der Waals surface area contributed by atoms with Crippen LogP contribution in [0.25, 0.3) is 0 Å². The minimum absolute atomic E-state index is 0.0581. The van der Waals surface area contributed by atoms with Crippen LogP contribution in [0.1, 0.15) is 50.2 Å². The smallest absolute Gasteiger partial charge is 0.314 e. The third-order valence-corrected chi connectivity index (χ3v) is 7.13. The lowest BCUT2D eigenvalue weighted by molar-refractivity contribution is -0.147. The fourth-order valence-electron chi connectivity index (χ4n) is 5.03. The second-order valence-corrected chi connectivity index (χ2v) is 9.07. The SMILES string of the molecule is CCN(Cc1ccccc1)C1N=C(Nc2ccc(C3(C(=O)O)CCC3)cc2)N=C2CCC=C21. The Morgan fingerprint density at radius 3 is 2.55 bits per heavy atom. The maximum atomic E-state index is 11.8. The molecule has 0 bridgehead atoms. The number of benzene rings is 2. The molecule has 6 heteroatoms. The number of aliphatic carboxylic acids is 1. The van der Waals surface area contributed by atoms with E-state index < -0.39 is 11.4 Å². The standard InChI is InChI=1S/C27H30N4O2/c1-2-31(18-19-8-4-3-5-9-19)24-22-10-6-11-23(22)29-26(30-24)28-21-14-12-20(13-15-21)27(25(32)33)16-7-17-27/h3-5,8-10,12-15,24H,2,6-7,11,16-18H2,1H3,(H,28,30)(H,32,33). The monoisotopic (exact) mass is 442 g/mol. The first kappa shape index (κ1) is 21.6. The van der Waals surface area contributed by atoms with Crippen molar-refractivity contribution < 1.29 is 9.90 Å². The Bertz CT molecular complexity index is 1110. The molecule has 5 rings (SSSR count). The molecule has 1 atom stereocenters. The number of anilines is 1. The van der Waals surface area contributed by atoms with Crippen molar-refractivity contribution in [1.29, 1.82) is 0 Å². The Morgan fingerprint density at radius 1 is 1.15 bits per heavy atom. The van der Waals surface area contributed by atoms with E-state index in [4.69, 9.17) is 9.98 Å². The first-order valence-electron chi connectivity index (χ1n) is 11.8. The molecule has 0 saturated heterocycles. The molecular weight excluding hydrogens is 412 g/mol. The highest BCUT2D eigenvalue weighted by Crippen LogP contribution is 2.44. The summed E-state index contributed by atoms with van der Waals surface area (Å²) in [5.74, 6) is -0.108. The van der Waals surface area contributed by atoms with Gasteiger partial charge in [0.1, 0.15) is 6.17 Å². The van der Waals surface area contributed by atoms with Crippen LogP contribution < -0.4 is 5.32 Å². The van der Waals surface area contributed by atoms with Gasteiger partial charge in [-0.1, -0.05) is 61.9 Å². The Morgan fingerprint density at radius 2 is 1.91 bits per heavy atom. The van der Waals surface area contributed by atoms with E-state index in [0.29, 0.717) is 18.8 Å². The van der Waals surface area contributed by atoms with Crippen LogP contribution in [0.3, 0.4) is 0 Å². The summed E-state index contributed by atoms with van der Waals surface area (Å²) in [5, 5.41) is 13.1. The summed E-state index contributed by atoms with van der Waals surface area (Å²) in [6.07, 6.45) is 6.54. The molecule has 0 aromatic heterocycles. The van der Waals surface area contributed by atoms with Crippen molar-refractivity contribution in [3.63, 3.8) is 0 Å². The van der Waals surface area contributed by atoms with Crippen LogP contribution in [0.15, 0.2) is 76.2 Å². The van der Waals surface area contributed by atoms with Crippen molar-refractivity contribution in [2.45, 2.75) is 57.2 Å². The molecule has 33 heavy (non-hydrogen) atoms. The molecule has 1 unspecified atom stereocenters. The van der Waals surface area contributed by atoms with E-state index in [9.17, 15) is 9.90 Å². The molecule has 2 aliphatic carbocycles. The fourth-order valence-corrected chi connectivity index (χ4v) is 5.03. The number of allylic oxidation sites excluding steroid dienone is 1. The molecule has 1 fully saturated rings. The minimum Gasteiger partial charge on any atom is -0.481 e. The van der Waals surface area contributed by atoms with Gasteiger partial charge >= 0.3 is 5.97 Å². The maximum Gasteiger partial charge on any atom is 0.314 e. The summed E-state index contributed by atoms with van der Waals surface area (Å²) in [5.41, 5.74) is 4.64. The fraction of sp³-hybridized carbons (Fsp3) is 0.370. The van der Waals surface area contributed by atoms with Gasteiger partial charge in [0, 0.05) is 17.8 Å². The topological polar surface area (TPSA) is 77.3 Å². The van der Waals surface area contributed by atoms with Gasteiger partial charge in [0.25, 0.3) is 0 Å². The summed E-state index contributed by atoms with van der Waals surface area (Å²) in [6, 6.07) is 18.2. The van der Waals surface area contributed by atoms with Crippen molar-refractivity contribution in [3.05, 3.63) is 77.4 Å². The number of hydrogen-bond acceptors (Lipinski definition) is 5. The molecule has 2 aromatic rings. The zero-order valence-corrected chi connectivity index (χ0v) is 19.0. The molecule has 2 N–H and O–H groups in total. The number of nitrogens with one attached hydrogen (secondary N) is 1. The van der Waals surface area contributed by atoms with Gasteiger partial charge in [0.2, 0.25) is 5.96 Å². The number of likely N-dealkylation sites (N-methyl/N-ethyl adjacent to an activating group) is 1. The number of hydrogen-bond donors (Lipinski definition) is 2. The minimum atomic E-state index is -0.723. The van der Waals surface area contributed by atoms with Crippen LogP contribution in [-0.4, -0.2) is 40.4 Å². The number of carboxylic acids is 1. The van der Waals surface area contributed by atoms with Crippen LogP contribution in [-0.2, 0) is 16.8 Å². The summed E-state index contributed by atoms with van der Waals surface area (Å²) < 4.78 is 0. The molecule has 3 aliphatic rings. The van der Waals surface area contributed by atoms with E-state index >= 15 is 0 Å². The summed E-state index contributed by atoms with van der Waals surface area (Å²) in [4.78, 5) is 24.0. The third-order valence-electron chi connectivity index (χ3n) is 7.13. The van der Waals surface area contributed by atoms with Crippen molar-refractivity contribution in [3.8, 4) is 0 Å². The number of fused-ring (bicyclic) bond motifs is 1. The van der Waals surface area contributed by atoms with Gasteiger partial charge in [0.15, 0.2) is 0 Å². The van der Waals surface area contributed by atoms with Crippen LogP contribution in [0.5, 0.6) is 0 Å². The lowest BCUT2D eigenvalue weighted by Crippen LogP contribution is -2.42. The van der Waals surface area contributed by atoms with Crippen LogP contribution in [0.2, 0.25) is 0 Å². The molecule has 0 radical (unpaired) electrons. The zero-order valence-electron chi connectivity index (χ0n) is 19.0. The number of carboxylic acid groups (broad SMARTS) is 1. The van der Waals surface area contributed by atoms with E-state index in [-0.39, 0.29) is 6.17 Å². The van der Waals surface area contributed by atoms with E-state index in [1.165, 1.54) is 11.1 Å². The third kappa shape index (κ3) is 4.11. The van der Waals surface area contributed by atoms with Gasteiger partial charge in [-0.05, 0) is 55.5 Å². The average molecular weight is 443 g/mol. The van der Waals surface area contributed by atoms with E-state index in [2.05, 4.69) is 47.5 Å². The average Bonchev–Trinajstić information content (AvgIpc) is 3.26. The predicted octanol–water partition coefficient (Wildman–Crippen LogP) is 4.98. The molecular formula is C27H30N4O2. The van der Waals surface area contributed by atoms with Crippen LogP contribution in [0, 0.1) is 0 Å². The van der Waals surface area contributed by atoms with E-state index in [1.807, 2.05) is 30.3 Å². The normalized spacial score (nSPS) is 20.9. The predicted molar refractivity (Wildman–Crippen MR) is 132 cm³/mol. The van der Waals surface area contributed by atoms with E-state index in [0.717, 1.165) is 49.3 Å². The summed E-state index contributed by atoms with van der Waals surface area (Å²) in [7, 11) is 0. The van der Waals surface area contributed by atoms with Crippen molar-refractivity contribution in [2.24, 2.45) is 9.98 Å². The van der Waals surface area contributed by atoms with Crippen molar-refractivity contribution >= 4 is 23.3 Å². The van der Waals surface area contributed by atoms with Gasteiger partial charge in [-0.25, -0.2) is 9.98 Å². The molecule has 170 valence electrons. The number of carbonyl (C=O) groups is 1. The highest BCUT2D eigenvalue weighted by molar-refractivity contribution is 6.13. The molecule has 1 aliphatic heterocycles. The van der Waals surface area contributed by atoms with E-state index in [1.54, 1.807) is 0 Å². The van der Waals surface area contributed by atoms with Crippen LogP contribution >= 0.6 is 0 Å². The lowest BCUT2D eigenvalue weighted by Gasteiger charge is -2.38. The Hall–Kier alpha value is -3.25. The molecule has 0 amide bonds. The quantitative estimate of drug-likeness (QED) is 0.634. The summed E-state index contributed by atoms with van der Waals surface area (Å²) in [6.45, 7) is 3.88.